The van der Waals surface area contributed by atoms with Gasteiger partial charge in [0, 0.05) is 24.5 Å². The van der Waals surface area contributed by atoms with Crippen molar-refractivity contribution in [2.75, 3.05) is 6.79 Å². The minimum atomic E-state index is -0.773. The molecule has 0 saturated heterocycles. The molecule has 0 unspecified atom stereocenters. The summed E-state index contributed by atoms with van der Waals surface area (Å²) in [6.07, 6.45) is 1.04. The summed E-state index contributed by atoms with van der Waals surface area (Å²) >= 11 is 6.04. The Labute approximate surface area is 204 Å². The maximum atomic E-state index is 13.6. The van der Waals surface area contributed by atoms with Gasteiger partial charge in [-0.15, -0.1) is 0 Å². The molecule has 4 rings (SSSR count). The highest BCUT2D eigenvalue weighted by Gasteiger charge is 2.31. The number of hydrogen-bond acceptors (Lipinski definition) is 4. The molecule has 0 aromatic heterocycles. The molecule has 3 aromatic rings. The smallest absolute Gasteiger partial charge is 0.247 e. The number of hydrogen-bond donors (Lipinski definition) is 1. The summed E-state index contributed by atoms with van der Waals surface area (Å²) in [5, 5.41) is 3.63. The third-order valence-corrected chi connectivity index (χ3v) is 5.88. The SMILES string of the molecule is CCCC(=O)N(Cc1ccc(Cl)cc1)[C@H](C(=O)NCc1ccc2c(c1)OCO2)c1ccccc1. The zero-order valence-electron chi connectivity index (χ0n) is 19.0. The van der Waals surface area contributed by atoms with Crippen molar-refractivity contribution in [3.8, 4) is 11.5 Å². The molecule has 0 aliphatic carbocycles. The largest absolute Gasteiger partial charge is 0.454 e. The minimum Gasteiger partial charge on any atom is -0.454 e. The van der Waals surface area contributed by atoms with Crippen LogP contribution in [0.25, 0.3) is 0 Å². The third kappa shape index (κ3) is 5.69. The quantitative estimate of drug-likeness (QED) is 0.456. The van der Waals surface area contributed by atoms with E-state index in [4.69, 9.17) is 21.1 Å². The van der Waals surface area contributed by atoms with Crippen molar-refractivity contribution in [1.29, 1.82) is 0 Å². The highest BCUT2D eigenvalue weighted by Crippen LogP contribution is 2.32. The van der Waals surface area contributed by atoms with Crippen LogP contribution in [0.1, 0.15) is 42.5 Å². The molecule has 1 aliphatic rings. The Kier molecular flexibility index (Phi) is 7.70. The number of fused-ring (bicyclic) bond motifs is 1. The van der Waals surface area contributed by atoms with E-state index in [0.29, 0.717) is 42.5 Å². The van der Waals surface area contributed by atoms with Crippen molar-refractivity contribution < 1.29 is 19.1 Å². The number of carbonyl (C=O) groups is 2. The topological polar surface area (TPSA) is 67.9 Å². The molecule has 1 aliphatic heterocycles. The van der Waals surface area contributed by atoms with Gasteiger partial charge in [-0.3, -0.25) is 9.59 Å². The molecule has 34 heavy (non-hydrogen) atoms. The Bertz CT molecular complexity index is 1140. The van der Waals surface area contributed by atoms with Gasteiger partial charge in [0.05, 0.1) is 0 Å². The lowest BCUT2D eigenvalue weighted by atomic mass is 10.0. The van der Waals surface area contributed by atoms with Crippen LogP contribution in [-0.2, 0) is 22.7 Å². The van der Waals surface area contributed by atoms with Crippen LogP contribution in [-0.4, -0.2) is 23.5 Å². The van der Waals surface area contributed by atoms with Gasteiger partial charge in [-0.1, -0.05) is 67.1 Å². The van der Waals surface area contributed by atoms with Crippen molar-refractivity contribution >= 4 is 23.4 Å². The molecule has 176 valence electrons. The van der Waals surface area contributed by atoms with Crippen LogP contribution in [0.5, 0.6) is 11.5 Å². The first-order chi connectivity index (χ1) is 16.5. The average Bonchev–Trinajstić information content (AvgIpc) is 3.32. The number of nitrogens with one attached hydrogen (secondary N) is 1. The Morgan fingerprint density at radius 1 is 0.971 bits per heavy atom. The molecule has 1 atom stereocenters. The number of carbonyl (C=O) groups excluding carboxylic acids is 2. The van der Waals surface area contributed by atoms with Crippen molar-refractivity contribution in [1.82, 2.24) is 10.2 Å². The predicted octanol–water partition coefficient (Wildman–Crippen LogP) is 5.26. The molecule has 2 amide bonds. The molecule has 0 fully saturated rings. The normalized spacial score (nSPS) is 12.8. The van der Waals surface area contributed by atoms with Crippen LogP contribution in [0.15, 0.2) is 72.8 Å². The number of benzene rings is 3. The first-order valence-corrected chi connectivity index (χ1v) is 11.7. The van der Waals surface area contributed by atoms with Crippen molar-refractivity contribution in [3.63, 3.8) is 0 Å². The Morgan fingerprint density at radius 2 is 1.68 bits per heavy atom. The van der Waals surface area contributed by atoms with Crippen LogP contribution in [0.2, 0.25) is 5.02 Å². The zero-order valence-corrected chi connectivity index (χ0v) is 19.8. The average molecular weight is 479 g/mol. The molecule has 1 N–H and O–H groups in total. The van der Waals surface area contributed by atoms with Crippen LogP contribution in [0.4, 0.5) is 0 Å². The summed E-state index contributed by atoms with van der Waals surface area (Å²) in [6.45, 7) is 2.75. The molecular formula is C27H27ClN2O4. The molecular weight excluding hydrogens is 452 g/mol. The molecule has 3 aromatic carbocycles. The predicted molar refractivity (Wildman–Crippen MR) is 131 cm³/mol. The van der Waals surface area contributed by atoms with Gasteiger partial charge in [0.2, 0.25) is 18.6 Å². The van der Waals surface area contributed by atoms with Gasteiger partial charge in [0.15, 0.2) is 11.5 Å². The Hall–Kier alpha value is -3.51. The highest BCUT2D eigenvalue weighted by molar-refractivity contribution is 6.30. The number of halogens is 1. The fraction of sp³-hybridized carbons (Fsp3) is 0.259. The summed E-state index contributed by atoms with van der Waals surface area (Å²) in [6, 6.07) is 21.5. The maximum absolute atomic E-state index is 13.6. The second-order valence-electron chi connectivity index (χ2n) is 8.12. The summed E-state index contributed by atoms with van der Waals surface area (Å²) in [5.74, 6) is 1.03. The van der Waals surface area contributed by atoms with E-state index < -0.39 is 6.04 Å². The first-order valence-electron chi connectivity index (χ1n) is 11.3. The fourth-order valence-electron chi connectivity index (χ4n) is 3.91. The fourth-order valence-corrected chi connectivity index (χ4v) is 4.04. The maximum Gasteiger partial charge on any atom is 0.247 e. The molecule has 0 bridgehead atoms. The molecule has 7 heteroatoms. The van der Waals surface area contributed by atoms with Crippen molar-refractivity contribution in [3.05, 3.63) is 94.5 Å². The zero-order chi connectivity index (χ0) is 23.9. The number of ether oxygens (including phenoxy) is 2. The minimum absolute atomic E-state index is 0.0791. The number of rotatable bonds is 9. The van der Waals surface area contributed by atoms with E-state index in [-0.39, 0.29) is 18.6 Å². The first kappa shape index (κ1) is 23.6. The van der Waals surface area contributed by atoms with Crippen LogP contribution in [0, 0.1) is 0 Å². The third-order valence-electron chi connectivity index (χ3n) is 5.63. The monoisotopic (exact) mass is 478 g/mol. The van der Waals surface area contributed by atoms with E-state index >= 15 is 0 Å². The van der Waals surface area contributed by atoms with E-state index in [1.807, 2.05) is 67.6 Å². The van der Waals surface area contributed by atoms with Gasteiger partial charge >= 0.3 is 0 Å². The summed E-state index contributed by atoms with van der Waals surface area (Å²) in [5.41, 5.74) is 2.54. The van der Waals surface area contributed by atoms with Gasteiger partial charge in [-0.05, 0) is 47.4 Å². The van der Waals surface area contributed by atoms with E-state index in [1.165, 1.54) is 0 Å². The van der Waals surface area contributed by atoms with Gasteiger partial charge in [-0.2, -0.15) is 0 Å². The van der Waals surface area contributed by atoms with Crippen molar-refractivity contribution in [2.24, 2.45) is 0 Å². The van der Waals surface area contributed by atoms with Gasteiger partial charge in [0.1, 0.15) is 6.04 Å². The Morgan fingerprint density at radius 3 is 2.41 bits per heavy atom. The van der Waals surface area contributed by atoms with Crippen LogP contribution < -0.4 is 14.8 Å². The van der Waals surface area contributed by atoms with E-state index in [9.17, 15) is 9.59 Å². The lowest BCUT2D eigenvalue weighted by molar-refractivity contribution is -0.141. The second kappa shape index (κ2) is 11.1. The molecule has 0 saturated carbocycles. The van der Waals surface area contributed by atoms with Crippen LogP contribution >= 0.6 is 11.6 Å². The van der Waals surface area contributed by atoms with E-state index in [1.54, 1.807) is 17.0 Å². The standard InChI is InChI=1S/C27H27ClN2O4/c1-2-6-25(31)30(17-19-9-12-22(28)13-10-19)26(21-7-4-3-5-8-21)27(32)29-16-20-11-14-23-24(15-20)34-18-33-23/h3-5,7-15,26H,2,6,16-18H2,1H3,(H,29,32)/t26-/m0/s1. The number of nitrogens with zero attached hydrogens (tertiary/aromatic N) is 1. The molecule has 1 heterocycles. The van der Waals surface area contributed by atoms with Gasteiger partial charge in [-0.25, -0.2) is 0 Å². The van der Waals surface area contributed by atoms with Gasteiger partial charge < -0.3 is 19.7 Å². The lowest BCUT2D eigenvalue weighted by Crippen LogP contribution is -2.43. The van der Waals surface area contributed by atoms with Crippen molar-refractivity contribution in [2.45, 2.75) is 38.9 Å². The summed E-state index contributed by atoms with van der Waals surface area (Å²) in [4.78, 5) is 28.4. The lowest BCUT2D eigenvalue weighted by Gasteiger charge is -2.31. The highest BCUT2D eigenvalue weighted by atomic mass is 35.5. The molecule has 6 nitrogen and oxygen atoms in total. The van der Waals surface area contributed by atoms with E-state index in [0.717, 1.165) is 16.7 Å². The Balaban J connectivity index is 1.60. The molecule has 0 radical (unpaired) electrons. The van der Waals surface area contributed by atoms with Crippen LogP contribution in [0.3, 0.4) is 0 Å². The number of amides is 2. The molecule has 0 spiro atoms. The summed E-state index contributed by atoms with van der Waals surface area (Å²) < 4.78 is 10.8. The van der Waals surface area contributed by atoms with Gasteiger partial charge in [0.25, 0.3) is 0 Å². The van der Waals surface area contributed by atoms with E-state index in [2.05, 4.69) is 5.32 Å². The second-order valence-corrected chi connectivity index (χ2v) is 8.55. The summed E-state index contributed by atoms with van der Waals surface area (Å²) in [7, 11) is 0.